The Morgan fingerprint density at radius 3 is 2.50 bits per heavy atom. The third-order valence-corrected chi connectivity index (χ3v) is 3.68. The van der Waals surface area contributed by atoms with Crippen LogP contribution in [0.4, 0.5) is 0 Å². The van der Waals surface area contributed by atoms with Crippen molar-refractivity contribution in [2.75, 3.05) is 6.26 Å². The molecule has 0 unspecified atom stereocenters. The standard InChI is InChI=1S/C13H19NO3S/c1-9(2)13(15)14-10(3)7-11-5-6-12(8-11)18(4,16)17/h6-9H,5H2,1-4H3,(H,14,15)/b10-7-. The first-order valence-corrected chi connectivity index (χ1v) is 7.69. The molecule has 1 amide bonds. The number of nitrogens with one attached hydrogen (secondary N) is 1. The summed E-state index contributed by atoms with van der Waals surface area (Å²) in [5.74, 6) is -0.116. The Morgan fingerprint density at radius 1 is 1.44 bits per heavy atom. The second kappa shape index (κ2) is 5.52. The third kappa shape index (κ3) is 4.14. The van der Waals surface area contributed by atoms with Gasteiger partial charge in [0, 0.05) is 17.9 Å². The van der Waals surface area contributed by atoms with E-state index in [1.807, 2.05) is 13.8 Å². The number of carbonyl (C=O) groups is 1. The van der Waals surface area contributed by atoms with Crippen LogP contribution in [0.2, 0.25) is 0 Å². The van der Waals surface area contributed by atoms with Crippen molar-refractivity contribution in [1.29, 1.82) is 0 Å². The molecule has 0 aromatic heterocycles. The Hall–Kier alpha value is -1.36. The fraction of sp³-hybridized carbons (Fsp3) is 0.462. The number of amides is 1. The van der Waals surface area contributed by atoms with Crippen molar-refractivity contribution in [3.8, 4) is 0 Å². The van der Waals surface area contributed by atoms with E-state index in [-0.39, 0.29) is 11.8 Å². The molecule has 0 bridgehead atoms. The van der Waals surface area contributed by atoms with E-state index in [1.54, 1.807) is 25.2 Å². The molecule has 0 radical (unpaired) electrons. The molecule has 5 heteroatoms. The Kier molecular flexibility index (Phi) is 4.51. The van der Waals surface area contributed by atoms with Crippen LogP contribution >= 0.6 is 0 Å². The zero-order valence-electron chi connectivity index (χ0n) is 11.1. The number of hydrogen-bond donors (Lipinski definition) is 1. The maximum absolute atomic E-state index is 11.5. The maximum Gasteiger partial charge on any atom is 0.226 e. The summed E-state index contributed by atoms with van der Waals surface area (Å²) in [6.07, 6.45) is 6.89. The van der Waals surface area contributed by atoms with Crippen LogP contribution in [0.5, 0.6) is 0 Å². The highest BCUT2D eigenvalue weighted by Crippen LogP contribution is 2.22. The molecule has 100 valence electrons. The molecule has 4 nitrogen and oxygen atoms in total. The van der Waals surface area contributed by atoms with E-state index in [0.717, 1.165) is 11.3 Å². The molecule has 0 spiro atoms. The topological polar surface area (TPSA) is 63.2 Å². The lowest BCUT2D eigenvalue weighted by Crippen LogP contribution is -2.25. The van der Waals surface area contributed by atoms with E-state index in [1.165, 1.54) is 6.26 Å². The van der Waals surface area contributed by atoms with Gasteiger partial charge in [0.1, 0.15) is 0 Å². The molecule has 1 N–H and O–H groups in total. The summed E-state index contributed by atoms with van der Waals surface area (Å²) in [5, 5.41) is 2.77. The van der Waals surface area contributed by atoms with Crippen molar-refractivity contribution in [2.24, 2.45) is 5.92 Å². The number of rotatable bonds is 4. The Morgan fingerprint density at radius 2 is 2.06 bits per heavy atom. The molecule has 0 saturated heterocycles. The van der Waals surface area contributed by atoms with Crippen molar-refractivity contribution < 1.29 is 13.2 Å². The highest BCUT2D eigenvalue weighted by molar-refractivity contribution is 7.94. The first-order chi connectivity index (χ1) is 8.20. The minimum absolute atomic E-state index is 0.0429. The van der Waals surface area contributed by atoms with Gasteiger partial charge in [-0.1, -0.05) is 19.9 Å². The predicted molar refractivity (Wildman–Crippen MR) is 72.4 cm³/mol. The molecule has 1 rings (SSSR count). The van der Waals surface area contributed by atoms with Crippen molar-refractivity contribution >= 4 is 15.7 Å². The molecular weight excluding hydrogens is 250 g/mol. The normalized spacial score (nSPS) is 16.6. The average Bonchev–Trinajstić information content (AvgIpc) is 2.64. The molecule has 0 aliphatic heterocycles. The van der Waals surface area contributed by atoms with Crippen molar-refractivity contribution in [1.82, 2.24) is 5.32 Å². The number of hydrogen-bond acceptors (Lipinski definition) is 3. The van der Waals surface area contributed by atoms with Crippen LogP contribution in [0, 0.1) is 5.92 Å². The van der Waals surface area contributed by atoms with Gasteiger partial charge in [-0.15, -0.1) is 0 Å². The van der Waals surface area contributed by atoms with Crippen LogP contribution in [-0.2, 0) is 14.6 Å². The van der Waals surface area contributed by atoms with Gasteiger partial charge in [-0.3, -0.25) is 4.79 Å². The fourth-order valence-electron chi connectivity index (χ4n) is 1.53. The molecule has 0 fully saturated rings. The number of carbonyl (C=O) groups excluding carboxylic acids is 1. The van der Waals surface area contributed by atoms with Crippen molar-refractivity contribution in [2.45, 2.75) is 27.2 Å². The van der Waals surface area contributed by atoms with Crippen molar-refractivity contribution in [3.05, 3.63) is 34.4 Å². The quantitative estimate of drug-likeness (QED) is 0.848. The monoisotopic (exact) mass is 269 g/mol. The first-order valence-electron chi connectivity index (χ1n) is 5.80. The Balaban J connectivity index is 2.73. The summed E-state index contributed by atoms with van der Waals surface area (Å²) in [6, 6.07) is 0. The molecule has 1 aliphatic carbocycles. The summed E-state index contributed by atoms with van der Waals surface area (Å²) >= 11 is 0. The van der Waals surface area contributed by atoms with Gasteiger partial charge in [0.25, 0.3) is 0 Å². The van der Waals surface area contributed by atoms with E-state index >= 15 is 0 Å². The molecule has 0 atom stereocenters. The summed E-state index contributed by atoms with van der Waals surface area (Å²) < 4.78 is 22.7. The second-order valence-corrected chi connectivity index (χ2v) is 6.79. The summed E-state index contributed by atoms with van der Waals surface area (Å²) in [4.78, 5) is 11.8. The molecule has 1 aliphatic rings. The van der Waals surface area contributed by atoms with Gasteiger partial charge in [-0.2, -0.15) is 0 Å². The first kappa shape index (κ1) is 14.7. The molecule has 0 saturated carbocycles. The van der Waals surface area contributed by atoms with Crippen LogP contribution in [0.1, 0.15) is 27.2 Å². The smallest absolute Gasteiger partial charge is 0.226 e. The van der Waals surface area contributed by atoms with E-state index in [4.69, 9.17) is 0 Å². The van der Waals surface area contributed by atoms with Gasteiger partial charge in [-0.05, 0) is 31.1 Å². The predicted octanol–water partition coefficient (Wildman–Crippen LogP) is 1.92. The van der Waals surface area contributed by atoms with Crippen LogP contribution < -0.4 is 5.32 Å². The Labute approximate surface area is 108 Å². The zero-order valence-corrected chi connectivity index (χ0v) is 12.0. The second-order valence-electron chi connectivity index (χ2n) is 4.77. The van der Waals surface area contributed by atoms with E-state index in [0.29, 0.717) is 11.3 Å². The SMILES string of the molecule is C/C(=C/C1=CC(S(C)(=O)=O)=CC1)NC(=O)C(C)C. The molecule has 18 heavy (non-hydrogen) atoms. The van der Waals surface area contributed by atoms with Crippen LogP contribution in [-0.4, -0.2) is 20.6 Å². The van der Waals surface area contributed by atoms with Crippen LogP contribution in [0.3, 0.4) is 0 Å². The summed E-state index contributed by atoms with van der Waals surface area (Å²) in [6.45, 7) is 5.43. The number of allylic oxidation sites excluding steroid dienone is 5. The lowest BCUT2D eigenvalue weighted by Gasteiger charge is -2.07. The lowest BCUT2D eigenvalue weighted by atomic mass is 10.2. The van der Waals surface area contributed by atoms with Crippen LogP contribution in [0.25, 0.3) is 0 Å². The molecule has 0 heterocycles. The van der Waals surface area contributed by atoms with E-state index < -0.39 is 9.84 Å². The van der Waals surface area contributed by atoms with Crippen molar-refractivity contribution in [3.63, 3.8) is 0 Å². The minimum atomic E-state index is -3.14. The van der Waals surface area contributed by atoms with Crippen LogP contribution in [0.15, 0.2) is 34.4 Å². The van der Waals surface area contributed by atoms with Gasteiger partial charge >= 0.3 is 0 Å². The van der Waals surface area contributed by atoms with E-state index in [9.17, 15) is 13.2 Å². The summed E-state index contributed by atoms with van der Waals surface area (Å²) in [5.41, 5.74) is 1.61. The zero-order chi connectivity index (χ0) is 13.9. The van der Waals surface area contributed by atoms with Gasteiger partial charge in [-0.25, -0.2) is 8.42 Å². The average molecular weight is 269 g/mol. The number of sulfone groups is 1. The lowest BCUT2D eigenvalue weighted by molar-refractivity contribution is -0.123. The maximum atomic E-state index is 11.5. The highest BCUT2D eigenvalue weighted by atomic mass is 32.2. The van der Waals surface area contributed by atoms with Gasteiger partial charge in [0.05, 0.1) is 4.91 Å². The van der Waals surface area contributed by atoms with Gasteiger partial charge < -0.3 is 5.32 Å². The molecule has 0 aromatic carbocycles. The fourth-order valence-corrected chi connectivity index (χ4v) is 2.28. The largest absolute Gasteiger partial charge is 0.330 e. The molecular formula is C13H19NO3S. The Bertz CT molecular complexity index is 537. The summed E-state index contributed by atoms with van der Waals surface area (Å²) in [7, 11) is -3.14. The highest BCUT2D eigenvalue weighted by Gasteiger charge is 2.14. The third-order valence-electron chi connectivity index (χ3n) is 2.54. The minimum Gasteiger partial charge on any atom is -0.330 e. The van der Waals surface area contributed by atoms with Gasteiger partial charge in [0.15, 0.2) is 9.84 Å². The van der Waals surface area contributed by atoms with E-state index in [2.05, 4.69) is 5.32 Å². The van der Waals surface area contributed by atoms with Gasteiger partial charge in [0.2, 0.25) is 5.91 Å². The molecule has 0 aromatic rings.